The van der Waals surface area contributed by atoms with Gasteiger partial charge in [-0.15, -0.1) is 0 Å². The van der Waals surface area contributed by atoms with Gasteiger partial charge in [-0.25, -0.2) is 0 Å². The Morgan fingerprint density at radius 2 is 2.06 bits per heavy atom. The van der Waals surface area contributed by atoms with Gasteiger partial charge in [-0.1, -0.05) is 20.8 Å². The molecule has 0 bridgehead atoms. The van der Waals surface area contributed by atoms with Crippen molar-refractivity contribution in [3.05, 3.63) is 23.8 Å². The molecule has 0 saturated heterocycles. The van der Waals surface area contributed by atoms with E-state index in [1.807, 2.05) is 0 Å². The van der Waals surface area contributed by atoms with Crippen LogP contribution < -0.4 is 10.5 Å². The number of aromatic hydroxyl groups is 1. The number of amidine groups is 1. The van der Waals surface area contributed by atoms with E-state index in [-0.39, 0.29) is 17.0 Å². The molecule has 4 nitrogen and oxygen atoms in total. The predicted octanol–water partition coefficient (Wildman–Crippen LogP) is 2.49. The molecule has 4 N–H and O–H groups in total. The van der Waals surface area contributed by atoms with Gasteiger partial charge in [-0.05, 0) is 24.0 Å². The Morgan fingerprint density at radius 3 is 2.53 bits per heavy atom. The Morgan fingerprint density at radius 1 is 1.41 bits per heavy atom. The minimum Gasteiger partial charge on any atom is -0.507 e. The van der Waals surface area contributed by atoms with E-state index in [9.17, 15) is 5.11 Å². The van der Waals surface area contributed by atoms with Crippen LogP contribution in [0.25, 0.3) is 0 Å². The second kappa shape index (κ2) is 5.08. The standard InChI is InChI=1S/C13H20N2O2/c1-13(2,3)6-7-17-9-4-5-10(12(14)15)11(16)8-9/h4-5,8,16H,6-7H2,1-3H3,(H3,14,15). The van der Waals surface area contributed by atoms with Crippen molar-refractivity contribution in [1.29, 1.82) is 5.41 Å². The first-order valence-corrected chi connectivity index (χ1v) is 5.60. The van der Waals surface area contributed by atoms with Gasteiger partial charge in [0, 0.05) is 6.07 Å². The molecule has 4 heteroatoms. The fraction of sp³-hybridized carbons (Fsp3) is 0.462. The molecule has 94 valence electrons. The zero-order valence-electron chi connectivity index (χ0n) is 10.6. The van der Waals surface area contributed by atoms with E-state index in [2.05, 4.69) is 20.8 Å². The lowest BCUT2D eigenvalue weighted by molar-refractivity contribution is 0.242. The molecule has 0 heterocycles. The Hall–Kier alpha value is -1.71. The van der Waals surface area contributed by atoms with E-state index in [1.165, 1.54) is 6.07 Å². The van der Waals surface area contributed by atoms with Gasteiger partial charge in [0.25, 0.3) is 0 Å². The van der Waals surface area contributed by atoms with Crippen molar-refractivity contribution in [2.45, 2.75) is 27.2 Å². The van der Waals surface area contributed by atoms with Crippen molar-refractivity contribution in [2.24, 2.45) is 11.1 Å². The van der Waals surface area contributed by atoms with Crippen molar-refractivity contribution < 1.29 is 9.84 Å². The van der Waals surface area contributed by atoms with Crippen molar-refractivity contribution in [1.82, 2.24) is 0 Å². The molecule has 0 unspecified atom stereocenters. The number of rotatable bonds is 4. The second-order valence-electron chi connectivity index (χ2n) is 5.25. The van der Waals surface area contributed by atoms with Gasteiger partial charge in [-0.2, -0.15) is 0 Å². The number of nitrogens with one attached hydrogen (secondary N) is 1. The predicted molar refractivity (Wildman–Crippen MR) is 68.7 cm³/mol. The first-order valence-electron chi connectivity index (χ1n) is 5.60. The summed E-state index contributed by atoms with van der Waals surface area (Å²) >= 11 is 0. The average Bonchev–Trinajstić information content (AvgIpc) is 2.15. The number of phenols is 1. The van der Waals surface area contributed by atoms with Crippen molar-refractivity contribution in [2.75, 3.05) is 6.61 Å². The van der Waals surface area contributed by atoms with E-state index >= 15 is 0 Å². The topological polar surface area (TPSA) is 79.3 Å². The highest BCUT2D eigenvalue weighted by molar-refractivity contribution is 5.97. The molecule has 1 aromatic rings. The third-order valence-corrected chi connectivity index (χ3v) is 2.38. The molecule has 0 saturated carbocycles. The molecular formula is C13H20N2O2. The van der Waals surface area contributed by atoms with Gasteiger partial charge in [0.2, 0.25) is 0 Å². The molecular weight excluding hydrogens is 216 g/mol. The summed E-state index contributed by atoms with van der Waals surface area (Å²) in [6, 6.07) is 4.78. The summed E-state index contributed by atoms with van der Waals surface area (Å²) in [4.78, 5) is 0. The smallest absolute Gasteiger partial charge is 0.130 e. The highest BCUT2D eigenvalue weighted by Gasteiger charge is 2.10. The Balaban J connectivity index is 2.62. The summed E-state index contributed by atoms with van der Waals surface area (Å²) in [5.41, 5.74) is 5.85. The van der Waals surface area contributed by atoms with Crippen LogP contribution in [0.5, 0.6) is 11.5 Å². The third kappa shape index (κ3) is 4.34. The number of benzene rings is 1. The van der Waals surface area contributed by atoms with E-state index in [0.717, 1.165) is 6.42 Å². The first-order chi connectivity index (χ1) is 7.79. The number of hydrogen-bond donors (Lipinski definition) is 3. The molecule has 0 aliphatic carbocycles. The maximum Gasteiger partial charge on any atom is 0.130 e. The number of phenolic OH excluding ortho intramolecular Hbond substituents is 1. The van der Waals surface area contributed by atoms with Crippen LogP contribution in [-0.4, -0.2) is 17.5 Å². The molecule has 1 aromatic carbocycles. The molecule has 0 amide bonds. The molecule has 1 rings (SSSR count). The SMILES string of the molecule is CC(C)(C)CCOc1ccc(C(=N)N)c(O)c1. The largest absolute Gasteiger partial charge is 0.507 e. The van der Waals surface area contributed by atoms with E-state index in [0.29, 0.717) is 17.9 Å². The third-order valence-electron chi connectivity index (χ3n) is 2.38. The molecule has 0 radical (unpaired) electrons. The maximum atomic E-state index is 9.62. The van der Waals surface area contributed by atoms with Crippen LogP contribution in [0.15, 0.2) is 18.2 Å². The number of nitrogens with two attached hydrogens (primary N) is 1. The van der Waals surface area contributed by atoms with Gasteiger partial charge < -0.3 is 15.6 Å². The second-order valence-corrected chi connectivity index (χ2v) is 5.25. The maximum absolute atomic E-state index is 9.62. The van der Waals surface area contributed by atoms with Gasteiger partial charge in [0.15, 0.2) is 0 Å². The fourth-order valence-corrected chi connectivity index (χ4v) is 1.30. The van der Waals surface area contributed by atoms with Crippen LogP contribution in [0.4, 0.5) is 0 Å². The summed E-state index contributed by atoms with van der Waals surface area (Å²) in [5.74, 6) is 0.422. The fourth-order valence-electron chi connectivity index (χ4n) is 1.30. The molecule has 0 aliphatic rings. The summed E-state index contributed by atoms with van der Waals surface area (Å²) in [6.45, 7) is 7.04. The summed E-state index contributed by atoms with van der Waals surface area (Å²) in [6.07, 6.45) is 0.933. The first kappa shape index (κ1) is 13.4. The van der Waals surface area contributed by atoms with Crippen molar-refractivity contribution >= 4 is 5.84 Å². The Labute approximate surface area is 102 Å². The monoisotopic (exact) mass is 236 g/mol. The van der Waals surface area contributed by atoms with Gasteiger partial charge >= 0.3 is 0 Å². The minimum atomic E-state index is -0.149. The van der Waals surface area contributed by atoms with Gasteiger partial charge in [-0.3, -0.25) is 5.41 Å². The summed E-state index contributed by atoms with van der Waals surface area (Å²) < 4.78 is 5.53. The normalized spacial score (nSPS) is 11.2. The molecule has 0 aliphatic heterocycles. The zero-order valence-corrected chi connectivity index (χ0v) is 10.6. The molecule has 0 spiro atoms. The molecule has 0 aromatic heterocycles. The zero-order chi connectivity index (χ0) is 13.1. The average molecular weight is 236 g/mol. The lowest BCUT2D eigenvalue weighted by atomic mass is 9.93. The Kier molecular flexibility index (Phi) is 3.99. The van der Waals surface area contributed by atoms with Crippen LogP contribution in [-0.2, 0) is 0 Å². The summed E-state index contributed by atoms with van der Waals surface area (Å²) in [7, 11) is 0. The summed E-state index contributed by atoms with van der Waals surface area (Å²) in [5, 5.41) is 16.9. The van der Waals surface area contributed by atoms with Gasteiger partial charge in [0.1, 0.15) is 17.3 Å². The highest BCUT2D eigenvalue weighted by atomic mass is 16.5. The highest BCUT2D eigenvalue weighted by Crippen LogP contribution is 2.24. The van der Waals surface area contributed by atoms with E-state index in [4.69, 9.17) is 15.9 Å². The van der Waals surface area contributed by atoms with Crippen LogP contribution in [0, 0.1) is 10.8 Å². The van der Waals surface area contributed by atoms with Crippen molar-refractivity contribution in [3.63, 3.8) is 0 Å². The number of hydrogen-bond acceptors (Lipinski definition) is 3. The lowest BCUT2D eigenvalue weighted by Crippen LogP contribution is -2.12. The van der Waals surface area contributed by atoms with Crippen LogP contribution in [0.3, 0.4) is 0 Å². The van der Waals surface area contributed by atoms with Crippen LogP contribution >= 0.6 is 0 Å². The van der Waals surface area contributed by atoms with Crippen molar-refractivity contribution in [3.8, 4) is 11.5 Å². The minimum absolute atomic E-state index is 0.0224. The van der Waals surface area contributed by atoms with Crippen LogP contribution in [0.2, 0.25) is 0 Å². The van der Waals surface area contributed by atoms with E-state index in [1.54, 1.807) is 12.1 Å². The Bertz CT molecular complexity index is 408. The number of nitrogen functional groups attached to an aromatic ring is 1. The van der Waals surface area contributed by atoms with E-state index < -0.39 is 0 Å². The lowest BCUT2D eigenvalue weighted by Gasteiger charge is -2.18. The molecule has 0 atom stereocenters. The number of ether oxygens (including phenoxy) is 1. The molecule has 0 fully saturated rings. The van der Waals surface area contributed by atoms with Gasteiger partial charge in [0.05, 0.1) is 12.2 Å². The van der Waals surface area contributed by atoms with Crippen LogP contribution in [0.1, 0.15) is 32.8 Å². The molecule has 17 heavy (non-hydrogen) atoms. The quantitative estimate of drug-likeness (QED) is 0.555.